The number of hydrogen-bond donors (Lipinski definition) is 1. The van der Waals surface area contributed by atoms with Crippen LogP contribution < -0.4 is 15.0 Å². The Morgan fingerprint density at radius 3 is 2.48 bits per heavy atom. The van der Waals surface area contributed by atoms with Crippen LogP contribution in [0.5, 0.6) is 5.75 Å². The molecular weight excluding hydrogens is 396 g/mol. The number of hydrogen-bond acceptors (Lipinski definition) is 7. The molecule has 166 valence electrons. The number of anilines is 1. The van der Waals surface area contributed by atoms with Gasteiger partial charge in [-0.15, -0.1) is 0 Å². The molecule has 0 radical (unpaired) electrons. The van der Waals surface area contributed by atoms with Crippen molar-refractivity contribution < 1.29 is 19.0 Å². The molecule has 1 atom stereocenters. The van der Waals surface area contributed by atoms with Crippen molar-refractivity contribution in [2.24, 2.45) is 0 Å². The number of nitrogens with one attached hydrogen (secondary N) is 1. The molecule has 8 nitrogen and oxygen atoms in total. The Balaban J connectivity index is 1.62. The Morgan fingerprint density at radius 2 is 1.84 bits per heavy atom. The smallest absolute Gasteiger partial charge is 0.408 e. The van der Waals surface area contributed by atoms with E-state index < -0.39 is 11.7 Å². The summed E-state index contributed by atoms with van der Waals surface area (Å²) >= 11 is 0. The zero-order valence-electron chi connectivity index (χ0n) is 18.8. The minimum absolute atomic E-state index is 0.265. The summed E-state index contributed by atoms with van der Waals surface area (Å²) in [5, 5.41) is 2.92. The van der Waals surface area contributed by atoms with Crippen molar-refractivity contribution in [2.45, 2.75) is 46.3 Å². The molecule has 2 aliphatic rings. The molecule has 8 heteroatoms. The first kappa shape index (κ1) is 21.4. The number of fused-ring (bicyclic) bond motifs is 1. The molecule has 1 N–H and O–H groups in total. The lowest BCUT2D eigenvalue weighted by Crippen LogP contribution is -2.37. The molecule has 2 aromatic rings. The highest BCUT2D eigenvalue weighted by Gasteiger charge is 2.31. The number of aromatic nitrogens is 2. The van der Waals surface area contributed by atoms with Gasteiger partial charge in [0.2, 0.25) is 5.95 Å². The highest BCUT2D eigenvalue weighted by Crippen LogP contribution is 2.42. The third kappa shape index (κ3) is 4.58. The minimum Gasteiger partial charge on any atom is -0.490 e. The average Bonchev–Trinajstić information content (AvgIpc) is 3.10. The van der Waals surface area contributed by atoms with E-state index in [1.54, 1.807) is 0 Å². The Kier molecular flexibility index (Phi) is 5.75. The molecule has 0 bridgehead atoms. The Labute approximate surface area is 182 Å². The number of aryl methyl sites for hydroxylation is 2. The summed E-state index contributed by atoms with van der Waals surface area (Å²) in [5.41, 5.74) is 4.08. The first-order valence-corrected chi connectivity index (χ1v) is 10.7. The van der Waals surface area contributed by atoms with Gasteiger partial charge in [-0.3, -0.25) is 0 Å². The number of carbonyl (C=O) groups is 1. The van der Waals surface area contributed by atoms with Gasteiger partial charge in [0.15, 0.2) is 0 Å². The fraction of sp³-hybridized carbons (Fsp3) is 0.522. The maximum absolute atomic E-state index is 12.3. The topological polar surface area (TPSA) is 85.8 Å². The first-order valence-electron chi connectivity index (χ1n) is 10.7. The number of amides is 1. The number of rotatable bonds is 3. The van der Waals surface area contributed by atoms with Crippen LogP contribution in [0.15, 0.2) is 18.2 Å². The summed E-state index contributed by atoms with van der Waals surface area (Å²) in [6, 6.07) is 5.70. The van der Waals surface area contributed by atoms with Crippen LogP contribution in [0.1, 0.15) is 43.8 Å². The lowest BCUT2D eigenvalue weighted by atomic mass is 9.97. The van der Waals surface area contributed by atoms with Crippen LogP contribution in [0.2, 0.25) is 0 Å². The van der Waals surface area contributed by atoms with E-state index in [1.807, 2.05) is 52.8 Å². The average molecular weight is 427 g/mol. The summed E-state index contributed by atoms with van der Waals surface area (Å²) in [6.45, 7) is 12.8. The van der Waals surface area contributed by atoms with Crippen molar-refractivity contribution in [1.82, 2.24) is 15.3 Å². The zero-order valence-corrected chi connectivity index (χ0v) is 18.8. The SMILES string of the molecule is Cc1nc(N2CCOCC2)nc(C)c1-c1cccc2c1OC[C@H]2NC(=O)OC(C)(C)C. The molecule has 2 aliphatic heterocycles. The fourth-order valence-corrected chi connectivity index (χ4v) is 4.01. The fourth-order valence-electron chi connectivity index (χ4n) is 4.01. The molecule has 4 rings (SSSR count). The highest BCUT2D eigenvalue weighted by molar-refractivity contribution is 5.78. The zero-order chi connectivity index (χ0) is 22.2. The highest BCUT2D eigenvalue weighted by atomic mass is 16.6. The van der Waals surface area contributed by atoms with Crippen molar-refractivity contribution >= 4 is 12.0 Å². The second-order valence-corrected chi connectivity index (χ2v) is 8.90. The van der Waals surface area contributed by atoms with E-state index >= 15 is 0 Å². The van der Waals surface area contributed by atoms with E-state index in [4.69, 9.17) is 24.2 Å². The van der Waals surface area contributed by atoms with Crippen molar-refractivity contribution in [3.8, 4) is 16.9 Å². The lowest BCUT2D eigenvalue weighted by Gasteiger charge is -2.27. The monoisotopic (exact) mass is 426 g/mol. The van der Waals surface area contributed by atoms with Gasteiger partial charge < -0.3 is 24.4 Å². The third-order valence-electron chi connectivity index (χ3n) is 5.33. The predicted molar refractivity (Wildman–Crippen MR) is 118 cm³/mol. The van der Waals surface area contributed by atoms with E-state index in [0.717, 1.165) is 52.9 Å². The van der Waals surface area contributed by atoms with Crippen molar-refractivity contribution in [3.05, 3.63) is 35.2 Å². The number of alkyl carbamates (subject to hydrolysis) is 1. The molecular formula is C23H30N4O4. The van der Waals surface area contributed by atoms with E-state index in [-0.39, 0.29) is 6.04 Å². The summed E-state index contributed by atoms with van der Waals surface area (Å²) in [7, 11) is 0. The van der Waals surface area contributed by atoms with Gasteiger partial charge in [-0.25, -0.2) is 14.8 Å². The predicted octanol–water partition coefficient (Wildman–Crippen LogP) is 3.56. The molecule has 1 aromatic heterocycles. The van der Waals surface area contributed by atoms with Gasteiger partial charge in [-0.05, 0) is 34.6 Å². The Morgan fingerprint density at radius 1 is 1.16 bits per heavy atom. The van der Waals surface area contributed by atoms with Crippen LogP contribution in [0.25, 0.3) is 11.1 Å². The summed E-state index contributed by atoms with van der Waals surface area (Å²) in [5.74, 6) is 1.50. The number of nitrogens with zero attached hydrogens (tertiary/aromatic N) is 3. The van der Waals surface area contributed by atoms with Crippen LogP contribution in [0.3, 0.4) is 0 Å². The molecule has 0 saturated carbocycles. The number of carbonyl (C=O) groups excluding carboxylic acids is 1. The molecule has 1 fully saturated rings. The minimum atomic E-state index is -0.554. The summed E-state index contributed by atoms with van der Waals surface area (Å²) < 4.78 is 16.9. The van der Waals surface area contributed by atoms with Crippen molar-refractivity contribution in [2.75, 3.05) is 37.8 Å². The number of benzene rings is 1. The molecule has 1 aromatic carbocycles. The largest absolute Gasteiger partial charge is 0.490 e. The molecule has 0 unspecified atom stereocenters. The summed E-state index contributed by atoms with van der Waals surface area (Å²) in [6.07, 6.45) is -0.454. The van der Waals surface area contributed by atoms with Gasteiger partial charge in [0.25, 0.3) is 0 Å². The van der Waals surface area contributed by atoms with Crippen molar-refractivity contribution in [3.63, 3.8) is 0 Å². The van der Waals surface area contributed by atoms with Gasteiger partial charge in [0.05, 0.1) is 30.6 Å². The summed E-state index contributed by atoms with van der Waals surface area (Å²) in [4.78, 5) is 24.0. The van der Waals surface area contributed by atoms with Gasteiger partial charge in [0, 0.05) is 29.8 Å². The Bertz CT molecular complexity index is 957. The second-order valence-electron chi connectivity index (χ2n) is 8.90. The van der Waals surface area contributed by atoms with Crippen LogP contribution in [-0.4, -0.2) is 54.6 Å². The van der Waals surface area contributed by atoms with Crippen LogP contribution in [0, 0.1) is 13.8 Å². The normalized spacial score (nSPS) is 18.4. The van der Waals surface area contributed by atoms with E-state index in [0.29, 0.717) is 19.8 Å². The molecule has 1 saturated heterocycles. The van der Waals surface area contributed by atoms with E-state index in [2.05, 4.69) is 10.2 Å². The first-order chi connectivity index (χ1) is 14.7. The van der Waals surface area contributed by atoms with E-state index in [9.17, 15) is 4.79 Å². The van der Waals surface area contributed by atoms with Gasteiger partial charge >= 0.3 is 6.09 Å². The van der Waals surface area contributed by atoms with Crippen LogP contribution in [0.4, 0.5) is 10.7 Å². The van der Waals surface area contributed by atoms with Crippen molar-refractivity contribution in [1.29, 1.82) is 0 Å². The van der Waals surface area contributed by atoms with Gasteiger partial charge in [0.1, 0.15) is 18.0 Å². The van der Waals surface area contributed by atoms with E-state index in [1.165, 1.54) is 0 Å². The quantitative estimate of drug-likeness (QED) is 0.803. The Hall–Kier alpha value is -2.87. The van der Waals surface area contributed by atoms with Gasteiger partial charge in [-0.2, -0.15) is 0 Å². The number of para-hydroxylation sites is 1. The maximum atomic E-state index is 12.3. The van der Waals surface area contributed by atoms with Crippen LogP contribution >= 0.6 is 0 Å². The molecule has 1 amide bonds. The lowest BCUT2D eigenvalue weighted by molar-refractivity contribution is 0.0497. The van der Waals surface area contributed by atoms with Gasteiger partial charge in [-0.1, -0.05) is 18.2 Å². The van der Waals surface area contributed by atoms with Crippen LogP contribution in [-0.2, 0) is 9.47 Å². The molecule has 3 heterocycles. The molecule has 0 aliphatic carbocycles. The number of morpholine rings is 1. The maximum Gasteiger partial charge on any atom is 0.408 e. The molecule has 31 heavy (non-hydrogen) atoms. The molecule has 0 spiro atoms. The third-order valence-corrected chi connectivity index (χ3v) is 5.33. The number of ether oxygens (including phenoxy) is 3. The standard InChI is InChI=1S/C23H30N4O4/c1-14-19(15(2)25-21(24-14)27-9-11-29-12-10-27)17-8-6-7-16-18(13-30-20(16)17)26-22(28)31-23(3,4)5/h6-8,18H,9-13H2,1-5H3,(H,26,28)/t18-/m1/s1. The second kappa shape index (κ2) is 8.34.